The summed E-state index contributed by atoms with van der Waals surface area (Å²) in [7, 11) is 1.94. The number of nitrogens with zero attached hydrogens (tertiary/aromatic N) is 3. The minimum atomic E-state index is -0.944. The van der Waals surface area contributed by atoms with Crippen molar-refractivity contribution in [3.63, 3.8) is 0 Å². The standard InChI is InChI=1S/C31H31N3O2/c1-4-22-7-13-28(14-8-22)34-21(2)17-26-18-25(27-19-32-33(3)20-27)12-15-29(26)31(34)24-10-5-23(6-11-24)9-16-30(35)36/h5-16,18-21,31H,4,17H2,1-3H3,(H,35,36)/b16-9+/t21-,31-/m0/s1. The predicted molar refractivity (Wildman–Crippen MR) is 145 cm³/mol. The minimum absolute atomic E-state index is 0.0525. The van der Waals surface area contributed by atoms with Crippen molar-refractivity contribution >= 4 is 17.7 Å². The summed E-state index contributed by atoms with van der Waals surface area (Å²) in [5.41, 5.74) is 9.55. The van der Waals surface area contributed by atoms with Crippen LogP contribution in [0, 0.1) is 0 Å². The van der Waals surface area contributed by atoms with E-state index < -0.39 is 5.97 Å². The van der Waals surface area contributed by atoms with Crippen LogP contribution in [-0.4, -0.2) is 26.9 Å². The molecular weight excluding hydrogens is 446 g/mol. The number of carbonyl (C=O) groups is 1. The summed E-state index contributed by atoms with van der Waals surface area (Å²) in [5.74, 6) is -0.944. The van der Waals surface area contributed by atoms with E-state index in [0.29, 0.717) is 6.04 Å². The van der Waals surface area contributed by atoms with Crippen molar-refractivity contribution in [2.24, 2.45) is 7.05 Å². The van der Waals surface area contributed by atoms with E-state index >= 15 is 0 Å². The van der Waals surface area contributed by atoms with Gasteiger partial charge in [0.2, 0.25) is 0 Å². The van der Waals surface area contributed by atoms with E-state index in [9.17, 15) is 4.79 Å². The predicted octanol–water partition coefficient (Wildman–Crippen LogP) is 6.29. The van der Waals surface area contributed by atoms with E-state index in [1.54, 1.807) is 6.08 Å². The number of anilines is 1. The number of aliphatic carboxylic acids is 1. The van der Waals surface area contributed by atoms with Crippen molar-refractivity contribution in [3.05, 3.63) is 113 Å². The van der Waals surface area contributed by atoms with E-state index in [-0.39, 0.29) is 6.04 Å². The molecule has 4 aromatic rings. The summed E-state index contributed by atoms with van der Waals surface area (Å²) >= 11 is 0. The number of aryl methyl sites for hydroxylation is 2. The average molecular weight is 478 g/mol. The molecule has 0 spiro atoms. The number of fused-ring (bicyclic) bond motifs is 1. The molecule has 0 radical (unpaired) electrons. The number of hydrogen-bond donors (Lipinski definition) is 1. The van der Waals surface area contributed by atoms with E-state index in [1.807, 2.05) is 30.1 Å². The van der Waals surface area contributed by atoms with Crippen molar-refractivity contribution in [1.82, 2.24) is 9.78 Å². The van der Waals surface area contributed by atoms with E-state index in [1.165, 1.54) is 39.6 Å². The van der Waals surface area contributed by atoms with Gasteiger partial charge in [0.15, 0.2) is 0 Å². The van der Waals surface area contributed by atoms with Gasteiger partial charge in [0.25, 0.3) is 0 Å². The molecule has 2 heterocycles. The van der Waals surface area contributed by atoms with Crippen molar-refractivity contribution in [3.8, 4) is 11.1 Å². The lowest BCUT2D eigenvalue weighted by molar-refractivity contribution is -0.131. The Balaban J connectivity index is 1.60. The number of hydrogen-bond acceptors (Lipinski definition) is 3. The van der Waals surface area contributed by atoms with E-state index in [0.717, 1.165) is 24.0 Å². The van der Waals surface area contributed by atoms with Gasteiger partial charge in [-0.2, -0.15) is 5.10 Å². The molecule has 1 aromatic heterocycles. The summed E-state index contributed by atoms with van der Waals surface area (Å²) in [4.78, 5) is 13.5. The Hall–Kier alpha value is -4.12. The van der Waals surface area contributed by atoms with Gasteiger partial charge in [-0.1, -0.05) is 61.5 Å². The molecular formula is C31H31N3O2. The zero-order valence-electron chi connectivity index (χ0n) is 20.9. The van der Waals surface area contributed by atoms with Gasteiger partial charge < -0.3 is 10.0 Å². The average Bonchev–Trinajstić information content (AvgIpc) is 3.33. The first-order chi connectivity index (χ1) is 17.4. The summed E-state index contributed by atoms with van der Waals surface area (Å²) in [5, 5.41) is 13.3. The molecule has 3 aromatic carbocycles. The normalized spacial score (nSPS) is 17.4. The van der Waals surface area contributed by atoms with E-state index in [2.05, 4.69) is 84.6 Å². The molecule has 0 bridgehead atoms. The second-order valence-corrected chi connectivity index (χ2v) is 9.54. The zero-order chi connectivity index (χ0) is 25.2. The number of benzene rings is 3. The highest BCUT2D eigenvalue weighted by atomic mass is 16.4. The summed E-state index contributed by atoms with van der Waals surface area (Å²) < 4.78 is 1.84. The van der Waals surface area contributed by atoms with Gasteiger partial charge in [0.1, 0.15) is 0 Å². The van der Waals surface area contributed by atoms with Crippen molar-refractivity contribution in [2.45, 2.75) is 38.8 Å². The monoisotopic (exact) mass is 477 g/mol. The molecule has 5 nitrogen and oxygen atoms in total. The highest BCUT2D eigenvalue weighted by Crippen LogP contribution is 2.42. The van der Waals surface area contributed by atoms with Gasteiger partial charge in [-0.15, -0.1) is 0 Å². The van der Waals surface area contributed by atoms with Crippen LogP contribution in [0.25, 0.3) is 17.2 Å². The molecule has 1 aliphatic rings. The number of rotatable bonds is 6. The van der Waals surface area contributed by atoms with E-state index in [4.69, 9.17) is 5.11 Å². The lowest BCUT2D eigenvalue weighted by Gasteiger charge is -2.44. The Labute approximate surface area is 212 Å². The van der Waals surface area contributed by atoms with Crippen LogP contribution >= 0.6 is 0 Å². The summed E-state index contributed by atoms with van der Waals surface area (Å²) in [6.07, 6.45) is 8.74. The highest BCUT2D eigenvalue weighted by molar-refractivity contribution is 5.85. The molecule has 5 rings (SSSR count). The summed E-state index contributed by atoms with van der Waals surface area (Å²) in [6.45, 7) is 4.47. The molecule has 0 amide bonds. The van der Waals surface area contributed by atoms with Crippen molar-refractivity contribution in [2.75, 3.05) is 4.90 Å². The summed E-state index contributed by atoms with van der Waals surface area (Å²) in [6, 6.07) is 24.3. The van der Waals surface area contributed by atoms with Crippen LogP contribution in [0.2, 0.25) is 0 Å². The number of carboxylic acid groups (broad SMARTS) is 1. The largest absolute Gasteiger partial charge is 0.478 e. The molecule has 182 valence electrons. The molecule has 0 unspecified atom stereocenters. The van der Waals surface area contributed by atoms with Gasteiger partial charge >= 0.3 is 5.97 Å². The van der Waals surface area contributed by atoms with Gasteiger partial charge in [-0.3, -0.25) is 4.68 Å². The third kappa shape index (κ3) is 4.69. The Morgan fingerprint density at radius 2 is 1.81 bits per heavy atom. The Kier molecular flexibility index (Phi) is 6.47. The number of aromatic nitrogens is 2. The SMILES string of the molecule is CCc1ccc(N2[C@@H](c3ccc(/C=C/C(=O)O)cc3)c3ccc(-c4cnn(C)c4)cc3C[C@@H]2C)cc1. The smallest absolute Gasteiger partial charge is 0.328 e. The van der Waals surface area contributed by atoms with Gasteiger partial charge in [-0.25, -0.2) is 4.79 Å². The molecule has 0 saturated heterocycles. The van der Waals surface area contributed by atoms with Crippen LogP contribution < -0.4 is 4.90 Å². The van der Waals surface area contributed by atoms with Gasteiger partial charge in [0, 0.05) is 36.6 Å². The first kappa shape index (κ1) is 23.6. The molecule has 5 heteroatoms. The Bertz CT molecular complexity index is 1400. The van der Waals surface area contributed by atoms with Crippen LogP contribution in [0.15, 0.2) is 85.2 Å². The fraction of sp³-hybridized carbons (Fsp3) is 0.226. The van der Waals surface area contributed by atoms with Crippen LogP contribution in [0.4, 0.5) is 5.69 Å². The fourth-order valence-corrected chi connectivity index (χ4v) is 5.22. The molecule has 0 saturated carbocycles. The van der Waals surface area contributed by atoms with Crippen molar-refractivity contribution < 1.29 is 9.90 Å². The molecule has 0 aliphatic carbocycles. The lowest BCUT2D eigenvalue weighted by Crippen LogP contribution is -2.42. The topological polar surface area (TPSA) is 58.4 Å². The van der Waals surface area contributed by atoms with Crippen LogP contribution in [0.1, 0.15) is 47.7 Å². The maximum atomic E-state index is 10.9. The molecule has 2 atom stereocenters. The van der Waals surface area contributed by atoms with Crippen LogP contribution in [-0.2, 0) is 24.7 Å². The Morgan fingerprint density at radius 1 is 1.06 bits per heavy atom. The first-order valence-electron chi connectivity index (χ1n) is 12.4. The second-order valence-electron chi connectivity index (χ2n) is 9.54. The number of carboxylic acids is 1. The maximum Gasteiger partial charge on any atom is 0.328 e. The highest BCUT2D eigenvalue weighted by Gasteiger charge is 2.33. The van der Waals surface area contributed by atoms with Gasteiger partial charge in [0.05, 0.1) is 12.2 Å². The van der Waals surface area contributed by atoms with Crippen LogP contribution in [0.5, 0.6) is 0 Å². The van der Waals surface area contributed by atoms with Crippen LogP contribution in [0.3, 0.4) is 0 Å². The second kappa shape index (κ2) is 9.86. The fourth-order valence-electron chi connectivity index (χ4n) is 5.22. The molecule has 1 aliphatic heterocycles. The maximum absolute atomic E-state index is 10.9. The minimum Gasteiger partial charge on any atom is -0.478 e. The molecule has 0 fully saturated rings. The third-order valence-corrected chi connectivity index (χ3v) is 7.06. The quantitative estimate of drug-likeness (QED) is 0.332. The zero-order valence-corrected chi connectivity index (χ0v) is 20.9. The van der Waals surface area contributed by atoms with Crippen molar-refractivity contribution in [1.29, 1.82) is 0 Å². The van der Waals surface area contributed by atoms with Gasteiger partial charge in [-0.05, 0) is 71.4 Å². The first-order valence-corrected chi connectivity index (χ1v) is 12.4. The Morgan fingerprint density at radius 3 is 2.44 bits per heavy atom. The molecule has 1 N–H and O–H groups in total. The third-order valence-electron chi connectivity index (χ3n) is 7.06. The lowest BCUT2D eigenvalue weighted by atomic mass is 9.83. The molecule has 36 heavy (non-hydrogen) atoms.